The summed E-state index contributed by atoms with van der Waals surface area (Å²) < 4.78 is 0. The number of benzene rings is 1. The smallest absolute Gasteiger partial charge is 0.227 e. The Morgan fingerprint density at radius 2 is 1.61 bits per heavy atom. The quantitative estimate of drug-likeness (QED) is 0.684. The fourth-order valence-corrected chi connectivity index (χ4v) is 2.82. The maximum atomic E-state index is 12.3. The molecule has 1 aromatic rings. The van der Waals surface area contributed by atoms with E-state index in [2.05, 4.69) is 10.6 Å². The van der Waals surface area contributed by atoms with E-state index < -0.39 is 5.60 Å². The molecule has 0 spiro atoms. The number of carbonyl (C=O) groups is 2. The molecule has 1 rings (SSSR count). The highest BCUT2D eigenvalue weighted by Crippen LogP contribution is 2.26. The standard InChI is InChI=1S/C18H28N2O3/c1-5-10-18(23,11-6-2)12-17(22)20-16-9-7-8-15(13(16)3)19-14(4)21/h7-9,23H,5-6,10-12H2,1-4H3,(H,19,21)(H,20,22). The van der Waals surface area contributed by atoms with Crippen molar-refractivity contribution in [2.24, 2.45) is 0 Å². The van der Waals surface area contributed by atoms with E-state index in [-0.39, 0.29) is 18.2 Å². The van der Waals surface area contributed by atoms with Crippen LogP contribution in [-0.2, 0) is 9.59 Å². The Morgan fingerprint density at radius 1 is 1.09 bits per heavy atom. The molecule has 0 aliphatic heterocycles. The lowest BCUT2D eigenvalue weighted by Crippen LogP contribution is -2.34. The van der Waals surface area contributed by atoms with Gasteiger partial charge in [0.05, 0.1) is 12.0 Å². The molecular weight excluding hydrogens is 292 g/mol. The number of carbonyl (C=O) groups excluding carboxylic acids is 2. The van der Waals surface area contributed by atoms with E-state index >= 15 is 0 Å². The van der Waals surface area contributed by atoms with Gasteiger partial charge in [0.1, 0.15) is 0 Å². The summed E-state index contributed by atoms with van der Waals surface area (Å²) in [5.74, 6) is -0.366. The first-order valence-electron chi connectivity index (χ1n) is 8.20. The van der Waals surface area contributed by atoms with Crippen LogP contribution in [0.3, 0.4) is 0 Å². The van der Waals surface area contributed by atoms with E-state index in [0.717, 1.165) is 18.4 Å². The highest BCUT2D eigenvalue weighted by Gasteiger charge is 2.28. The first-order valence-corrected chi connectivity index (χ1v) is 8.20. The van der Waals surface area contributed by atoms with Crippen molar-refractivity contribution in [2.75, 3.05) is 10.6 Å². The van der Waals surface area contributed by atoms with Crippen LogP contribution in [0.15, 0.2) is 18.2 Å². The highest BCUT2D eigenvalue weighted by molar-refractivity contribution is 5.95. The molecule has 128 valence electrons. The predicted molar refractivity (Wildman–Crippen MR) is 93.5 cm³/mol. The average Bonchev–Trinajstić information content (AvgIpc) is 2.43. The van der Waals surface area contributed by atoms with Gasteiger partial charge in [-0.05, 0) is 37.5 Å². The Labute approximate surface area is 138 Å². The maximum Gasteiger partial charge on any atom is 0.227 e. The van der Waals surface area contributed by atoms with Gasteiger partial charge in [0, 0.05) is 18.3 Å². The summed E-state index contributed by atoms with van der Waals surface area (Å²) in [6.07, 6.45) is 2.97. The third-order valence-electron chi connectivity index (χ3n) is 3.84. The molecular formula is C18H28N2O3. The molecule has 0 aliphatic carbocycles. The molecule has 0 saturated carbocycles. The van der Waals surface area contributed by atoms with E-state index in [9.17, 15) is 14.7 Å². The maximum absolute atomic E-state index is 12.3. The lowest BCUT2D eigenvalue weighted by Gasteiger charge is -2.27. The Hall–Kier alpha value is -1.88. The van der Waals surface area contributed by atoms with Crippen LogP contribution in [0.4, 0.5) is 11.4 Å². The minimum Gasteiger partial charge on any atom is -0.389 e. The molecule has 1 aromatic carbocycles. The molecule has 5 nitrogen and oxygen atoms in total. The molecule has 0 saturated heterocycles. The Bertz CT molecular complexity index is 549. The summed E-state index contributed by atoms with van der Waals surface area (Å²) in [4.78, 5) is 23.5. The van der Waals surface area contributed by atoms with Crippen molar-refractivity contribution in [1.82, 2.24) is 0 Å². The number of hydrogen-bond acceptors (Lipinski definition) is 3. The zero-order valence-corrected chi connectivity index (χ0v) is 14.5. The number of nitrogens with one attached hydrogen (secondary N) is 2. The van der Waals surface area contributed by atoms with Gasteiger partial charge in [-0.25, -0.2) is 0 Å². The molecule has 0 atom stereocenters. The molecule has 0 aliphatic rings. The summed E-state index contributed by atoms with van der Waals surface area (Å²) in [5, 5.41) is 16.2. The lowest BCUT2D eigenvalue weighted by atomic mass is 9.89. The first kappa shape index (κ1) is 19.2. The molecule has 0 unspecified atom stereocenters. The molecule has 5 heteroatoms. The van der Waals surface area contributed by atoms with Gasteiger partial charge in [-0.3, -0.25) is 9.59 Å². The molecule has 0 heterocycles. The van der Waals surface area contributed by atoms with Crippen LogP contribution in [0.2, 0.25) is 0 Å². The lowest BCUT2D eigenvalue weighted by molar-refractivity contribution is -0.121. The second-order valence-electron chi connectivity index (χ2n) is 6.11. The fourth-order valence-electron chi connectivity index (χ4n) is 2.82. The zero-order chi connectivity index (χ0) is 17.5. The second-order valence-corrected chi connectivity index (χ2v) is 6.11. The number of anilines is 2. The molecule has 3 N–H and O–H groups in total. The summed E-state index contributed by atoms with van der Waals surface area (Å²) >= 11 is 0. The predicted octanol–water partition coefficient (Wildman–Crippen LogP) is 3.61. The van der Waals surface area contributed by atoms with Crippen LogP contribution >= 0.6 is 0 Å². The van der Waals surface area contributed by atoms with Crippen LogP contribution in [0.1, 0.15) is 58.4 Å². The van der Waals surface area contributed by atoms with Crippen LogP contribution in [-0.4, -0.2) is 22.5 Å². The van der Waals surface area contributed by atoms with E-state index in [0.29, 0.717) is 24.2 Å². The summed E-state index contributed by atoms with van der Waals surface area (Å²) in [6.45, 7) is 7.28. The minimum absolute atomic E-state index is 0.0818. The topological polar surface area (TPSA) is 78.4 Å². The molecule has 2 amide bonds. The van der Waals surface area contributed by atoms with Crippen LogP contribution in [0.25, 0.3) is 0 Å². The van der Waals surface area contributed by atoms with Crippen molar-refractivity contribution >= 4 is 23.2 Å². The van der Waals surface area contributed by atoms with E-state index in [1.54, 1.807) is 18.2 Å². The van der Waals surface area contributed by atoms with Crippen molar-refractivity contribution < 1.29 is 14.7 Å². The number of hydrogen-bond donors (Lipinski definition) is 3. The molecule has 0 fully saturated rings. The van der Waals surface area contributed by atoms with Gasteiger partial charge < -0.3 is 15.7 Å². The Kier molecular flexibility index (Phi) is 7.23. The number of amides is 2. The monoisotopic (exact) mass is 320 g/mol. The van der Waals surface area contributed by atoms with Crippen LogP contribution < -0.4 is 10.6 Å². The molecule has 23 heavy (non-hydrogen) atoms. The summed E-state index contributed by atoms with van der Waals surface area (Å²) in [6, 6.07) is 5.35. The molecule has 0 radical (unpaired) electrons. The van der Waals surface area contributed by atoms with Crippen molar-refractivity contribution in [3.63, 3.8) is 0 Å². The first-order chi connectivity index (χ1) is 10.8. The Balaban J connectivity index is 2.82. The van der Waals surface area contributed by atoms with Gasteiger partial charge in [0.2, 0.25) is 11.8 Å². The van der Waals surface area contributed by atoms with Crippen molar-refractivity contribution in [2.45, 2.75) is 65.4 Å². The van der Waals surface area contributed by atoms with Gasteiger partial charge >= 0.3 is 0 Å². The highest BCUT2D eigenvalue weighted by atomic mass is 16.3. The fraction of sp³-hybridized carbons (Fsp3) is 0.556. The van der Waals surface area contributed by atoms with Gasteiger partial charge in [-0.2, -0.15) is 0 Å². The SMILES string of the molecule is CCCC(O)(CCC)CC(=O)Nc1cccc(NC(C)=O)c1C. The number of rotatable bonds is 8. The van der Waals surface area contributed by atoms with Crippen molar-refractivity contribution in [3.8, 4) is 0 Å². The van der Waals surface area contributed by atoms with E-state index in [1.807, 2.05) is 20.8 Å². The Morgan fingerprint density at radius 3 is 2.09 bits per heavy atom. The van der Waals surface area contributed by atoms with Crippen LogP contribution in [0, 0.1) is 6.92 Å². The molecule has 0 bridgehead atoms. The van der Waals surface area contributed by atoms with Crippen LogP contribution in [0.5, 0.6) is 0 Å². The largest absolute Gasteiger partial charge is 0.389 e. The third-order valence-corrected chi connectivity index (χ3v) is 3.84. The van der Waals surface area contributed by atoms with Gasteiger partial charge in [0.15, 0.2) is 0 Å². The van der Waals surface area contributed by atoms with E-state index in [1.165, 1.54) is 6.92 Å². The third kappa shape index (κ3) is 6.02. The summed E-state index contributed by atoms with van der Waals surface area (Å²) in [5.41, 5.74) is 1.17. The number of aliphatic hydroxyl groups is 1. The van der Waals surface area contributed by atoms with Gasteiger partial charge in [-0.15, -0.1) is 0 Å². The summed E-state index contributed by atoms with van der Waals surface area (Å²) in [7, 11) is 0. The van der Waals surface area contributed by atoms with Gasteiger partial charge in [-0.1, -0.05) is 32.8 Å². The van der Waals surface area contributed by atoms with Crippen molar-refractivity contribution in [1.29, 1.82) is 0 Å². The minimum atomic E-state index is -0.948. The van der Waals surface area contributed by atoms with Gasteiger partial charge in [0.25, 0.3) is 0 Å². The zero-order valence-electron chi connectivity index (χ0n) is 14.5. The normalized spacial score (nSPS) is 11.2. The molecule has 0 aromatic heterocycles. The average molecular weight is 320 g/mol. The second kappa shape index (κ2) is 8.67. The van der Waals surface area contributed by atoms with E-state index in [4.69, 9.17) is 0 Å². The van der Waals surface area contributed by atoms with Crippen molar-refractivity contribution in [3.05, 3.63) is 23.8 Å².